The maximum absolute atomic E-state index is 13.5. The van der Waals surface area contributed by atoms with Crippen LogP contribution >= 0.6 is 0 Å². The van der Waals surface area contributed by atoms with Crippen LogP contribution in [0, 0.1) is 11.3 Å². The van der Waals surface area contributed by atoms with Crippen molar-refractivity contribution in [3.05, 3.63) is 89.7 Å². The van der Waals surface area contributed by atoms with Crippen LogP contribution in [0.1, 0.15) is 16.8 Å². The molecule has 3 heterocycles. The fourth-order valence-corrected chi connectivity index (χ4v) is 4.74. The van der Waals surface area contributed by atoms with Crippen molar-refractivity contribution in [1.82, 2.24) is 20.2 Å². The maximum atomic E-state index is 13.5. The number of fused-ring (bicyclic) bond motifs is 1. The lowest BCUT2D eigenvalue weighted by atomic mass is 10.0. The molecule has 6 nitrogen and oxygen atoms in total. The topological polar surface area (TPSA) is 68.1 Å². The molecule has 2 aromatic carbocycles. The fourth-order valence-electron chi connectivity index (χ4n) is 4.74. The van der Waals surface area contributed by atoms with Crippen molar-refractivity contribution >= 4 is 16.7 Å². The van der Waals surface area contributed by atoms with Gasteiger partial charge in [0.05, 0.1) is 17.1 Å². The molecule has 194 valence electrons. The van der Waals surface area contributed by atoms with Crippen molar-refractivity contribution in [2.75, 3.05) is 44.2 Å². The third-order valence-corrected chi connectivity index (χ3v) is 6.74. The van der Waals surface area contributed by atoms with Gasteiger partial charge in [0, 0.05) is 63.0 Å². The standard InChI is InChI=1S/C29H27F3N6/c30-29(31,32)26-10-9-24-27(36-26)25(23-7-2-1-3-8-23)20-35-28(24)38-15-13-37(14-16-38)12-11-34-19-22-6-4-5-21(17-22)18-33/h1-10,17,20,34H,11-16,19H2. The van der Waals surface area contributed by atoms with Gasteiger partial charge >= 0.3 is 6.18 Å². The first-order chi connectivity index (χ1) is 18.4. The van der Waals surface area contributed by atoms with Gasteiger partial charge in [-0.25, -0.2) is 9.97 Å². The molecule has 1 fully saturated rings. The lowest BCUT2D eigenvalue weighted by Gasteiger charge is -2.36. The van der Waals surface area contributed by atoms with Gasteiger partial charge in [0.25, 0.3) is 0 Å². The number of rotatable bonds is 7. The number of anilines is 1. The summed E-state index contributed by atoms with van der Waals surface area (Å²) in [5.74, 6) is 0.663. The van der Waals surface area contributed by atoms with Crippen LogP contribution in [0.4, 0.5) is 19.0 Å². The molecule has 0 aliphatic carbocycles. The number of nitrogens with zero attached hydrogens (tertiary/aromatic N) is 5. The van der Waals surface area contributed by atoms with Crippen LogP contribution in [0.25, 0.3) is 22.0 Å². The van der Waals surface area contributed by atoms with Gasteiger partial charge in [-0.05, 0) is 35.4 Å². The van der Waals surface area contributed by atoms with Gasteiger partial charge in [-0.1, -0.05) is 42.5 Å². The van der Waals surface area contributed by atoms with Crippen molar-refractivity contribution in [2.24, 2.45) is 0 Å². The minimum Gasteiger partial charge on any atom is -0.353 e. The maximum Gasteiger partial charge on any atom is 0.433 e. The summed E-state index contributed by atoms with van der Waals surface area (Å²) in [4.78, 5) is 13.2. The van der Waals surface area contributed by atoms with Crippen LogP contribution < -0.4 is 10.2 Å². The van der Waals surface area contributed by atoms with E-state index in [1.807, 2.05) is 48.5 Å². The Balaban J connectivity index is 1.27. The third-order valence-electron chi connectivity index (χ3n) is 6.74. The van der Waals surface area contributed by atoms with Crippen LogP contribution in [-0.4, -0.2) is 54.1 Å². The van der Waals surface area contributed by atoms with Gasteiger partial charge in [-0.2, -0.15) is 18.4 Å². The van der Waals surface area contributed by atoms with E-state index in [0.717, 1.165) is 56.5 Å². The Hall–Kier alpha value is -4.00. The second-order valence-corrected chi connectivity index (χ2v) is 9.27. The predicted octanol–water partition coefficient (Wildman–Crippen LogP) is 5.10. The highest BCUT2D eigenvalue weighted by Gasteiger charge is 2.33. The van der Waals surface area contributed by atoms with Crippen molar-refractivity contribution in [3.8, 4) is 17.2 Å². The van der Waals surface area contributed by atoms with Gasteiger partial charge in [0.15, 0.2) is 0 Å². The number of pyridine rings is 2. The number of alkyl halides is 3. The molecule has 38 heavy (non-hydrogen) atoms. The lowest BCUT2D eigenvalue weighted by Crippen LogP contribution is -2.48. The zero-order valence-corrected chi connectivity index (χ0v) is 20.7. The molecular formula is C29H27F3N6. The molecule has 2 aromatic heterocycles. The first kappa shape index (κ1) is 25.6. The van der Waals surface area contributed by atoms with Crippen molar-refractivity contribution in [1.29, 1.82) is 5.26 Å². The van der Waals surface area contributed by atoms with Gasteiger partial charge in [0.1, 0.15) is 11.5 Å². The molecule has 1 aliphatic rings. The van der Waals surface area contributed by atoms with Gasteiger partial charge in [-0.3, -0.25) is 4.90 Å². The summed E-state index contributed by atoms with van der Waals surface area (Å²) in [6.07, 6.45) is -2.89. The number of hydrogen-bond acceptors (Lipinski definition) is 6. The van der Waals surface area contributed by atoms with Crippen LogP contribution in [-0.2, 0) is 12.7 Å². The minimum absolute atomic E-state index is 0.308. The van der Waals surface area contributed by atoms with E-state index >= 15 is 0 Å². The van der Waals surface area contributed by atoms with Crippen LogP contribution in [0.2, 0.25) is 0 Å². The van der Waals surface area contributed by atoms with E-state index in [2.05, 4.69) is 26.2 Å². The summed E-state index contributed by atoms with van der Waals surface area (Å²) in [6.45, 7) is 5.48. The average molecular weight is 517 g/mol. The molecule has 0 atom stereocenters. The highest BCUT2D eigenvalue weighted by Crippen LogP contribution is 2.36. The highest BCUT2D eigenvalue weighted by atomic mass is 19.4. The molecular weight excluding hydrogens is 489 g/mol. The first-order valence-electron chi connectivity index (χ1n) is 12.5. The number of nitriles is 1. The summed E-state index contributed by atoms with van der Waals surface area (Å²) in [5, 5.41) is 13.1. The normalized spacial score (nSPS) is 14.5. The fraction of sp³-hybridized carbons (Fsp3) is 0.276. The Morgan fingerprint density at radius 3 is 2.47 bits per heavy atom. The molecule has 9 heteroatoms. The van der Waals surface area contributed by atoms with Gasteiger partial charge < -0.3 is 10.2 Å². The number of piperazine rings is 1. The molecule has 1 aliphatic heterocycles. The smallest absolute Gasteiger partial charge is 0.353 e. The number of halogens is 3. The second-order valence-electron chi connectivity index (χ2n) is 9.27. The number of nitrogens with one attached hydrogen (secondary N) is 1. The number of benzene rings is 2. The SMILES string of the molecule is N#Cc1cccc(CNCCN2CCN(c3ncc(-c4ccccc4)c4nc(C(F)(F)F)ccc34)CC2)c1. The predicted molar refractivity (Wildman–Crippen MR) is 141 cm³/mol. The van der Waals surface area contributed by atoms with Crippen LogP contribution in [0.15, 0.2) is 72.9 Å². The molecule has 1 N–H and O–H groups in total. The molecule has 0 amide bonds. The van der Waals surface area contributed by atoms with E-state index in [9.17, 15) is 13.2 Å². The average Bonchev–Trinajstić information content (AvgIpc) is 2.95. The summed E-state index contributed by atoms with van der Waals surface area (Å²) in [6, 6.07) is 21.5. The summed E-state index contributed by atoms with van der Waals surface area (Å²) in [5.41, 5.74) is 2.50. The van der Waals surface area contributed by atoms with E-state index in [1.54, 1.807) is 12.3 Å². The summed E-state index contributed by atoms with van der Waals surface area (Å²) in [7, 11) is 0. The Morgan fingerprint density at radius 1 is 0.947 bits per heavy atom. The molecule has 5 rings (SSSR count). The van der Waals surface area contributed by atoms with E-state index in [-0.39, 0.29) is 0 Å². The van der Waals surface area contributed by atoms with E-state index in [0.29, 0.717) is 34.4 Å². The van der Waals surface area contributed by atoms with E-state index < -0.39 is 11.9 Å². The molecule has 4 aromatic rings. The Bertz CT molecular complexity index is 1440. The van der Waals surface area contributed by atoms with Gasteiger partial charge in [0.2, 0.25) is 0 Å². The summed E-state index contributed by atoms with van der Waals surface area (Å²) < 4.78 is 40.5. The molecule has 0 spiro atoms. The van der Waals surface area contributed by atoms with Crippen molar-refractivity contribution in [2.45, 2.75) is 12.7 Å². The third kappa shape index (κ3) is 5.77. The molecule has 0 unspecified atom stereocenters. The first-order valence-corrected chi connectivity index (χ1v) is 12.5. The van der Waals surface area contributed by atoms with Crippen molar-refractivity contribution < 1.29 is 13.2 Å². The Kier molecular flexibility index (Phi) is 7.54. The number of hydrogen-bond donors (Lipinski definition) is 1. The zero-order valence-electron chi connectivity index (χ0n) is 20.7. The minimum atomic E-state index is -4.52. The Morgan fingerprint density at radius 2 is 1.74 bits per heavy atom. The Labute approximate surface area is 219 Å². The summed E-state index contributed by atoms with van der Waals surface area (Å²) >= 11 is 0. The lowest BCUT2D eigenvalue weighted by molar-refractivity contribution is -0.140. The molecule has 0 radical (unpaired) electrons. The zero-order chi connectivity index (χ0) is 26.5. The second kappa shape index (κ2) is 11.2. The van der Waals surface area contributed by atoms with Crippen LogP contribution in [0.5, 0.6) is 0 Å². The van der Waals surface area contributed by atoms with E-state index in [4.69, 9.17) is 10.2 Å². The molecule has 0 bridgehead atoms. The monoisotopic (exact) mass is 516 g/mol. The number of aromatic nitrogens is 2. The largest absolute Gasteiger partial charge is 0.433 e. The van der Waals surface area contributed by atoms with Crippen molar-refractivity contribution in [3.63, 3.8) is 0 Å². The molecule has 1 saturated heterocycles. The quantitative estimate of drug-likeness (QED) is 0.345. The molecule has 0 saturated carbocycles. The van der Waals surface area contributed by atoms with E-state index in [1.165, 1.54) is 6.07 Å². The highest BCUT2D eigenvalue weighted by molar-refractivity contribution is 5.99. The van der Waals surface area contributed by atoms with Gasteiger partial charge in [-0.15, -0.1) is 0 Å². The van der Waals surface area contributed by atoms with Crippen LogP contribution in [0.3, 0.4) is 0 Å².